The Morgan fingerprint density at radius 1 is 1.30 bits per heavy atom. The van der Waals surface area contributed by atoms with Crippen LogP contribution in [-0.2, 0) is 0 Å². The molecule has 27 heavy (non-hydrogen) atoms. The topological polar surface area (TPSA) is 103 Å². The Labute approximate surface area is 159 Å². The molecule has 1 aliphatic heterocycles. The van der Waals surface area contributed by atoms with Gasteiger partial charge in [-0.15, -0.1) is 0 Å². The van der Waals surface area contributed by atoms with E-state index >= 15 is 0 Å². The van der Waals surface area contributed by atoms with Gasteiger partial charge in [0.15, 0.2) is 5.82 Å². The fourth-order valence-corrected chi connectivity index (χ4v) is 4.03. The summed E-state index contributed by atoms with van der Waals surface area (Å²) in [6.45, 7) is 2.59. The average Bonchev–Trinajstić information content (AvgIpc) is 3.12. The third kappa shape index (κ3) is 3.52. The van der Waals surface area contributed by atoms with Crippen LogP contribution in [0.15, 0.2) is 42.7 Å². The Bertz CT molecular complexity index is 823. The second-order valence-electron chi connectivity index (χ2n) is 7.39. The van der Waals surface area contributed by atoms with Crippen LogP contribution in [0.3, 0.4) is 0 Å². The summed E-state index contributed by atoms with van der Waals surface area (Å²) >= 11 is 0. The lowest BCUT2D eigenvalue weighted by molar-refractivity contribution is 0.239. The lowest BCUT2D eigenvalue weighted by atomic mass is 9.78. The van der Waals surface area contributed by atoms with Crippen molar-refractivity contribution in [3.05, 3.63) is 48.6 Å². The van der Waals surface area contributed by atoms with Crippen LogP contribution >= 0.6 is 0 Å². The van der Waals surface area contributed by atoms with Crippen molar-refractivity contribution in [2.75, 3.05) is 17.3 Å². The maximum atomic E-state index is 6.85. The molecule has 2 aliphatic rings. The maximum Gasteiger partial charge on any atom is 0.174 e. The van der Waals surface area contributed by atoms with Crippen molar-refractivity contribution in [3.63, 3.8) is 0 Å². The van der Waals surface area contributed by atoms with Crippen LogP contribution in [0.5, 0.6) is 5.75 Å². The molecule has 1 fully saturated rings. The molecule has 0 radical (unpaired) electrons. The van der Waals surface area contributed by atoms with Crippen molar-refractivity contribution in [1.82, 2.24) is 9.66 Å². The molecule has 7 nitrogen and oxygen atoms in total. The molecule has 2 heterocycles. The quantitative estimate of drug-likeness (QED) is 0.646. The van der Waals surface area contributed by atoms with E-state index in [4.69, 9.17) is 16.2 Å². The number of para-hydroxylation sites is 2. The van der Waals surface area contributed by atoms with Crippen LogP contribution < -0.4 is 26.9 Å². The van der Waals surface area contributed by atoms with Gasteiger partial charge in [-0.2, -0.15) is 0 Å². The smallest absolute Gasteiger partial charge is 0.174 e. The predicted molar refractivity (Wildman–Crippen MR) is 108 cm³/mol. The van der Waals surface area contributed by atoms with Crippen LogP contribution in [0.25, 0.3) is 5.70 Å². The number of anilines is 1. The number of hydrogen-bond acceptors (Lipinski definition) is 6. The fraction of sp³-hybridized carbons (Fsp3) is 0.450. The largest absolute Gasteiger partial charge is 0.492 e. The summed E-state index contributed by atoms with van der Waals surface area (Å²) in [7, 11) is 0. The fourth-order valence-electron chi connectivity index (χ4n) is 4.03. The summed E-state index contributed by atoms with van der Waals surface area (Å²) in [6.07, 6.45) is 9.77. The van der Waals surface area contributed by atoms with Gasteiger partial charge in [0.2, 0.25) is 0 Å². The molecule has 0 spiro atoms. The predicted octanol–water partition coefficient (Wildman–Crippen LogP) is 2.46. The third-order valence-corrected chi connectivity index (χ3v) is 5.48. The number of fused-ring (bicyclic) bond motifs is 1. The van der Waals surface area contributed by atoms with Crippen molar-refractivity contribution < 1.29 is 4.74 Å². The summed E-state index contributed by atoms with van der Waals surface area (Å²) in [5.41, 5.74) is 17.5. The summed E-state index contributed by atoms with van der Waals surface area (Å²) in [5, 5.41) is 3.49. The molecule has 1 aliphatic carbocycles. The van der Waals surface area contributed by atoms with Gasteiger partial charge in [0.1, 0.15) is 11.4 Å². The number of ether oxygens (including phenoxy) is 1. The maximum absolute atomic E-state index is 6.85. The summed E-state index contributed by atoms with van der Waals surface area (Å²) in [4.78, 5) is 4.49. The van der Waals surface area contributed by atoms with Crippen LogP contribution in [0, 0.1) is 5.92 Å². The van der Waals surface area contributed by atoms with E-state index in [0.717, 1.165) is 48.6 Å². The zero-order valence-corrected chi connectivity index (χ0v) is 15.7. The molecule has 2 aromatic rings. The first-order valence-electron chi connectivity index (χ1n) is 9.67. The molecule has 144 valence electrons. The van der Waals surface area contributed by atoms with E-state index in [2.05, 4.69) is 21.8 Å². The van der Waals surface area contributed by atoms with Gasteiger partial charge in [-0.1, -0.05) is 12.1 Å². The number of nitrogens with two attached hydrogens (primary N) is 2. The lowest BCUT2D eigenvalue weighted by Crippen LogP contribution is -2.58. The molecule has 0 amide bonds. The van der Waals surface area contributed by atoms with Gasteiger partial charge in [-0.3, -0.25) is 0 Å². The van der Waals surface area contributed by atoms with E-state index in [1.165, 1.54) is 0 Å². The molecule has 1 aromatic heterocycles. The number of rotatable bonds is 5. The highest BCUT2D eigenvalue weighted by atomic mass is 16.5. The van der Waals surface area contributed by atoms with Gasteiger partial charge in [-0.05, 0) is 50.8 Å². The Balaban J connectivity index is 1.66. The van der Waals surface area contributed by atoms with Crippen molar-refractivity contribution >= 4 is 11.4 Å². The molecule has 7 heteroatoms. The highest BCUT2D eigenvalue weighted by Crippen LogP contribution is 2.36. The first kappa shape index (κ1) is 17.9. The Kier molecular flexibility index (Phi) is 4.80. The van der Waals surface area contributed by atoms with Gasteiger partial charge in [0.05, 0.1) is 18.0 Å². The van der Waals surface area contributed by atoms with Gasteiger partial charge >= 0.3 is 0 Å². The molecule has 1 saturated carbocycles. The average molecular weight is 368 g/mol. The minimum atomic E-state index is -0.656. The normalized spacial score (nSPS) is 27.3. The van der Waals surface area contributed by atoms with Crippen LogP contribution in [0.1, 0.15) is 38.4 Å². The van der Waals surface area contributed by atoms with E-state index < -0.39 is 5.66 Å². The van der Waals surface area contributed by atoms with E-state index in [9.17, 15) is 0 Å². The molecular formula is C20H28N6O. The molecular weight excluding hydrogens is 340 g/mol. The van der Waals surface area contributed by atoms with Crippen molar-refractivity contribution in [3.8, 4) is 5.75 Å². The molecule has 1 aromatic carbocycles. The first-order valence-corrected chi connectivity index (χ1v) is 9.67. The lowest BCUT2D eigenvalue weighted by Gasteiger charge is -2.42. The van der Waals surface area contributed by atoms with E-state index in [-0.39, 0.29) is 6.04 Å². The number of benzene rings is 1. The Morgan fingerprint density at radius 2 is 2.07 bits per heavy atom. The van der Waals surface area contributed by atoms with Crippen molar-refractivity contribution in [2.24, 2.45) is 17.4 Å². The number of aromatic nitrogens is 2. The van der Waals surface area contributed by atoms with Gasteiger partial charge in [-0.25, -0.2) is 9.66 Å². The van der Waals surface area contributed by atoms with Gasteiger partial charge in [0.25, 0.3) is 0 Å². The monoisotopic (exact) mass is 368 g/mol. The SMILES string of the molecule is CCOc1ccccc1NC1=CC(N)(C2CCC(N)CC2)Nn2ccnc21. The zero-order chi connectivity index (χ0) is 18.9. The highest BCUT2D eigenvalue weighted by Gasteiger charge is 2.39. The molecule has 0 bridgehead atoms. The Morgan fingerprint density at radius 3 is 2.85 bits per heavy atom. The second-order valence-corrected chi connectivity index (χ2v) is 7.39. The van der Waals surface area contributed by atoms with E-state index in [0.29, 0.717) is 12.5 Å². The minimum absolute atomic E-state index is 0.289. The van der Waals surface area contributed by atoms with Crippen molar-refractivity contribution in [2.45, 2.75) is 44.3 Å². The van der Waals surface area contributed by atoms with Gasteiger partial charge in [0, 0.05) is 24.4 Å². The first-order chi connectivity index (χ1) is 13.1. The van der Waals surface area contributed by atoms with E-state index in [1.807, 2.05) is 42.1 Å². The van der Waals surface area contributed by atoms with Crippen LogP contribution in [0.4, 0.5) is 5.69 Å². The zero-order valence-electron chi connectivity index (χ0n) is 15.7. The number of nitrogens with one attached hydrogen (secondary N) is 2. The standard InChI is InChI=1S/C20H28N6O/c1-2-27-18-6-4-3-5-16(18)24-17-13-20(22,14-7-9-15(21)10-8-14)25-26-12-11-23-19(17)26/h3-6,11-15,24-25H,2,7-10,21-22H2,1H3. The summed E-state index contributed by atoms with van der Waals surface area (Å²) < 4.78 is 7.65. The molecule has 6 N–H and O–H groups in total. The van der Waals surface area contributed by atoms with Crippen molar-refractivity contribution in [1.29, 1.82) is 0 Å². The molecule has 0 saturated heterocycles. The van der Waals surface area contributed by atoms with Crippen LogP contribution in [0.2, 0.25) is 0 Å². The highest BCUT2D eigenvalue weighted by molar-refractivity contribution is 5.78. The number of nitrogens with zero attached hydrogens (tertiary/aromatic N) is 2. The van der Waals surface area contributed by atoms with Crippen LogP contribution in [-0.4, -0.2) is 28.0 Å². The molecule has 1 unspecified atom stereocenters. The summed E-state index contributed by atoms with van der Waals surface area (Å²) in [5.74, 6) is 1.92. The minimum Gasteiger partial charge on any atom is -0.492 e. The third-order valence-electron chi connectivity index (χ3n) is 5.48. The molecule has 4 rings (SSSR count). The number of hydrogen-bond donors (Lipinski definition) is 4. The molecule has 1 atom stereocenters. The van der Waals surface area contributed by atoms with Gasteiger partial charge < -0.3 is 26.9 Å². The second kappa shape index (κ2) is 7.25. The summed E-state index contributed by atoms with van der Waals surface area (Å²) in [6, 6.07) is 8.19. The van der Waals surface area contributed by atoms with E-state index in [1.54, 1.807) is 6.20 Å². The Hall–Kier alpha value is -2.51. The number of imidazole rings is 1.